The number of nitrogens with one attached hydrogen (secondary N) is 1. The van der Waals surface area contributed by atoms with Gasteiger partial charge in [-0.2, -0.15) is 0 Å². The molecule has 1 aromatic rings. The molecule has 0 saturated heterocycles. The molecule has 4 heteroatoms. The molecule has 0 aliphatic carbocycles. The number of alkyl halides is 1. The second-order valence-electron chi connectivity index (χ2n) is 2.94. The maximum atomic E-state index is 11.1. The lowest BCUT2D eigenvalue weighted by molar-refractivity contribution is -0.120. The summed E-state index contributed by atoms with van der Waals surface area (Å²) in [7, 11) is 0. The molecule has 0 aromatic carbocycles. The summed E-state index contributed by atoms with van der Waals surface area (Å²) in [5.74, 6) is 0.409. The predicted octanol–water partition coefficient (Wildman–Crippen LogP) is 2.56. The van der Waals surface area contributed by atoms with Gasteiger partial charge in [0.05, 0.1) is 6.54 Å². The van der Waals surface area contributed by atoms with Crippen molar-refractivity contribution in [3.05, 3.63) is 21.9 Å². The Hall–Kier alpha value is -0.540. The van der Waals surface area contributed by atoms with E-state index >= 15 is 0 Å². The van der Waals surface area contributed by atoms with E-state index in [9.17, 15) is 4.79 Å². The fourth-order valence-corrected chi connectivity index (χ4v) is 2.28. The molecule has 78 valence electrons. The molecule has 0 fully saturated rings. The first-order chi connectivity index (χ1) is 6.77. The minimum atomic E-state index is 0.0236. The van der Waals surface area contributed by atoms with Crippen molar-refractivity contribution in [2.45, 2.75) is 26.3 Å². The molecule has 1 N–H and O–H groups in total. The van der Waals surface area contributed by atoms with Crippen LogP contribution >= 0.6 is 22.9 Å². The van der Waals surface area contributed by atoms with Gasteiger partial charge in [0.2, 0.25) is 5.91 Å². The third-order valence-corrected chi connectivity index (χ3v) is 3.14. The number of aryl methyl sites for hydroxylation is 1. The minimum Gasteiger partial charge on any atom is -0.351 e. The highest BCUT2D eigenvalue weighted by atomic mass is 35.5. The lowest BCUT2D eigenvalue weighted by Gasteiger charge is -2.03. The van der Waals surface area contributed by atoms with E-state index in [4.69, 9.17) is 11.6 Å². The molecule has 1 amide bonds. The smallest absolute Gasteiger partial charge is 0.221 e. The first-order valence-electron chi connectivity index (χ1n) is 4.65. The van der Waals surface area contributed by atoms with E-state index < -0.39 is 0 Å². The van der Waals surface area contributed by atoms with Gasteiger partial charge in [-0.1, -0.05) is 6.92 Å². The summed E-state index contributed by atoms with van der Waals surface area (Å²) in [6, 6.07) is 2.10. The third kappa shape index (κ3) is 3.31. The van der Waals surface area contributed by atoms with Crippen LogP contribution in [0.5, 0.6) is 0 Å². The Kier molecular flexibility index (Phi) is 4.98. The molecular weight excluding hydrogens is 218 g/mol. The maximum absolute atomic E-state index is 11.1. The second kappa shape index (κ2) is 6.04. The van der Waals surface area contributed by atoms with Crippen LogP contribution in [0.4, 0.5) is 0 Å². The monoisotopic (exact) mass is 231 g/mol. The molecule has 1 rings (SSSR count). The number of carbonyl (C=O) groups is 1. The van der Waals surface area contributed by atoms with Gasteiger partial charge < -0.3 is 5.32 Å². The lowest BCUT2D eigenvalue weighted by Crippen LogP contribution is -2.22. The molecule has 0 aliphatic rings. The average Bonchev–Trinajstić information content (AvgIpc) is 2.62. The Morgan fingerprint density at radius 3 is 3.07 bits per heavy atom. The van der Waals surface area contributed by atoms with Crippen LogP contribution < -0.4 is 5.32 Å². The topological polar surface area (TPSA) is 29.1 Å². The second-order valence-corrected chi connectivity index (χ2v) is 4.32. The van der Waals surface area contributed by atoms with E-state index in [1.165, 1.54) is 10.4 Å². The number of hydrogen-bond donors (Lipinski definition) is 1. The Bertz CT molecular complexity index is 298. The molecule has 0 saturated carbocycles. The average molecular weight is 232 g/mol. The number of hydrogen-bond acceptors (Lipinski definition) is 2. The predicted molar refractivity (Wildman–Crippen MR) is 60.9 cm³/mol. The Morgan fingerprint density at radius 2 is 2.43 bits per heavy atom. The molecule has 0 spiro atoms. The zero-order chi connectivity index (χ0) is 10.4. The van der Waals surface area contributed by atoms with Gasteiger partial charge >= 0.3 is 0 Å². The van der Waals surface area contributed by atoms with Crippen molar-refractivity contribution in [3.63, 3.8) is 0 Å². The van der Waals surface area contributed by atoms with Crippen LogP contribution in [0.3, 0.4) is 0 Å². The molecule has 0 unspecified atom stereocenters. The van der Waals surface area contributed by atoms with Gasteiger partial charge in [0, 0.05) is 17.2 Å². The summed E-state index contributed by atoms with van der Waals surface area (Å²) in [4.78, 5) is 12.4. The normalized spacial score (nSPS) is 10.1. The fraction of sp³-hybridized carbons (Fsp3) is 0.500. The highest BCUT2D eigenvalue weighted by Gasteiger charge is 2.04. The van der Waals surface area contributed by atoms with Crippen molar-refractivity contribution < 1.29 is 4.79 Å². The number of rotatable bonds is 5. The Morgan fingerprint density at radius 1 is 1.64 bits per heavy atom. The van der Waals surface area contributed by atoms with Gasteiger partial charge in [0.1, 0.15) is 0 Å². The molecular formula is C10H14ClNOS. The number of carbonyl (C=O) groups excluding carboxylic acids is 1. The van der Waals surface area contributed by atoms with Crippen LogP contribution in [0.25, 0.3) is 0 Å². The van der Waals surface area contributed by atoms with Gasteiger partial charge in [-0.05, 0) is 23.4 Å². The Balaban J connectivity index is 2.41. The van der Waals surface area contributed by atoms with Gasteiger partial charge in [0.15, 0.2) is 0 Å². The molecule has 0 bridgehead atoms. The van der Waals surface area contributed by atoms with E-state index in [0.29, 0.717) is 18.8 Å². The van der Waals surface area contributed by atoms with Crippen molar-refractivity contribution in [2.75, 3.05) is 5.88 Å². The summed E-state index contributed by atoms with van der Waals surface area (Å²) in [5, 5.41) is 4.91. The standard InChI is InChI=1S/C10H14ClNOS/c1-2-8-4-6-14-9(8)7-12-10(13)3-5-11/h4,6H,2-3,5,7H2,1H3,(H,12,13). The van der Waals surface area contributed by atoms with Crippen LogP contribution in [0.15, 0.2) is 11.4 Å². The minimum absolute atomic E-state index is 0.0236. The summed E-state index contributed by atoms with van der Waals surface area (Å²) in [6.45, 7) is 2.75. The highest BCUT2D eigenvalue weighted by molar-refractivity contribution is 7.10. The molecule has 0 aliphatic heterocycles. The van der Waals surface area contributed by atoms with Crippen molar-refractivity contribution >= 4 is 28.8 Å². The highest BCUT2D eigenvalue weighted by Crippen LogP contribution is 2.16. The molecule has 0 radical (unpaired) electrons. The quantitative estimate of drug-likeness (QED) is 0.776. The largest absolute Gasteiger partial charge is 0.351 e. The third-order valence-electron chi connectivity index (χ3n) is 1.99. The zero-order valence-corrected chi connectivity index (χ0v) is 9.75. The molecule has 2 nitrogen and oxygen atoms in total. The molecule has 1 aromatic heterocycles. The van der Waals surface area contributed by atoms with E-state index in [-0.39, 0.29) is 5.91 Å². The SMILES string of the molecule is CCc1ccsc1CNC(=O)CCCl. The van der Waals surface area contributed by atoms with Gasteiger partial charge in [-0.3, -0.25) is 4.79 Å². The van der Waals surface area contributed by atoms with Gasteiger partial charge in [0.25, 0.3) is 0 Å². The first-order valence-corrected chi connectivity index (χ1v) is 6.07. The summed E-state index contributed by atoms with van der Waals surface area (Å²) < 4.78 is 0. The molecule has 14 heavy (non-hydrogen) atoms. The number of amides is 1. The van der Waals surface area contributed by atoms with Gasteiger partial charge in [-0.15, -0.1) is 22.9 Å². The van der Waals surface area contributed by atoms with Crippen LogP contribution in [0, 0.1) is 0 Å². The van der Waals surface area contributed by atoms with Crippen molar-refractivity contribution in [1.29, 1.82) is 0 Å². The van der Waals surface area contributed by atoms with E-state index in [1.54, 1.807) is 11.3 Å². The van der Waals surface area contributed by atoms with Crippen LogP contribution in [-0.4, -0.2) is 11.8 Å². The number of thiophene rings is 1. The molecule has 1 heterocycles. The molecule has 0 atom stereocenters. The number of halogens is 1. The van der Waals surface area contributed by atoms with Crippen molar-refractivity contribution in [1.82, 2.24) is 5.32 Å². The van der Waals surface area contributed by atoms with Crippen molar-refractivity contribution in [3.8, 4) is 0 Å². The summed E-state index contributed by atoms with van der Waals surface area (Å²) in [5.41, 5.74) is 1.32. The van der Waals surface area contributed by atoms with E-state index in [2.05, 4.69) is 23.7 Å². The van der Waals surface area contributed by atoms with E-state index in [0.717, 1.165) is 6.42 Å². The Labute approximate surface area is 93.3 Å². The van der Waals surface area contributed by atoms with E-state index in [1.807, 2.05) is 0 Å². The fourth-order valence-electron chi connectivity index (χ4n) is 1.19. The van der Waals surface area contributed by atoms with Gasteiger partial charge in [-0.25, -0.2) is 0 Å². The lowest BCUT2D eigenvalue weighted by atomic mass is 10.2. The maximum Gasteiger partial charge on any atom is 0.221 e. The summed E-state index contributed by atoms with van der Waals surface area (Å²) >= 11 is 7.14. The van der Waals surface area contributed by atoms with Crippen LogP contribution in [0.2, 0.25) is 0 Å². The zero-order valence-electron chi connectivity index (χ0n) is 8.18. The summed E-state index contributed by atoms with van der Waals surface area (Å²) in [6.07, 6.45) is 1.42. The van der Waals surface area contributed by atoms with Crippen LogP contribution in [-0.2, 0) is 17.8 Å². The van der Waals surface area contributed by atoms with Crippen LogP contribution in [0.1, 0.15) is 23.8 Å². The van der Waals surface area contributed by atoms with Crippen molar-refractivity contribution in [2.24, 2.45) is 0 Å². The first kappa shape index (κ1) is 11.5.